The Hall–Kier alpha value is -3.30. The largest absolute Gasteiger partial charge is 0.369 e. The number of rotatable bonds is 3. The Morgan fingerprint density at radius 1 is 1.06 bits per heavy atom. The molecule has 3 fully saturated rings. The van der Waals surface area contributed by atoms with Crippen LogP contribution in [0.25, 0.3) is 0 Å². The van der Waals surface area contributed by atoms with Gasteiger partial charge in [-0.3, -0.25) is 15.4 Å². The van der Waals surface area contributed by atoms with Gasteiger partial charge in [0.1, 0.15) is 0 Å². The van der Waals surface area contributed by atoms with Crippen LogP contribution < -0.4 is 15.2 Å². The Balaban J connectivity index is 1.31. The molecule has 0 amide bonds. The lowest BCUT2D eigenvalue weighted by atomic mass is 9.92. The molecule has 1 aromatic heterocycles. The van der Waals surface area contributed by atoms with E-state index in [4.69, 9.17) is 4.99 Å². The van der Waals surface area contributed by atoms with Crippen molar-refractivity contribution in [1.29, 1.82) is 0 Å². The smallest absolute Gasteiger partial charge is 0.227 e. The highest BCUT2D eigenvalue weighted by molar-refractivity contribution is 6.21. The molecule has 1 aliphatic carbocycles. The van der Waals surface area contributed by atoms with E-state index in [2.05, 4.69) is 31.6 Å². The molecular formula is C23H26F2N8. The second-order valence-corrected chi connectivity index (χ2v) is 9.23. The van der Waals surface area contributed by atoms with Gasteiger partial charge >= 0.3 is 0 Å². The number of piperidine rings is 1. The average molecular weight is 453 g/mol. The maximum atomic E-state index is 14.1. The van der Waals surface area contributed by atoms with E-state index >= 15 is 0 Å². The molecule has 1 aromatic carbocycles. The molecule has 3 aliphatic heterocycles. The van der Waals surface area contributed by atoms with Crippen LogP contribution in [0.3, 0.4) is 0 Å². The van der Waals surface area contributed by atoms with E-state index in [1.165, 1.54) is 6.07 Å². The van der Waals surface area contributed by atoms with Gasteiger partial charge in [0, 0.05) is 32.2 Å². The van der Waals surface area contributed by atoms with Gasteiger partial charge in [0.25, 0.3) is 0 Å². The van der Waals surface area contributed by atoms with Crippen LogP contribution >= 0.6 is 0 Å². The number of aromatic nitrogens is 2. The number of hydrogen-bond acceptors (Lipinski definition) is 6. The molecule has 2 aromatic rings. The van der Waals surface area contributed by atoms with E-state index in [0.29, 0.717) is 36.0 Å². The standard InChI is InChI=1S/C23H26F2N8/c1-14-9-18(11-27-29-14)31-12-15-3-4-16(13-31)21(15)28-22-30-32-8-2-7-26-23(32)33(22)17-5-6-19(24)20(25)10-17/h5-6,9-11,15-16,21H,2-4,7-8,12-13H2,1H3,(H,28,30). The van der Waals surface area contributed by atoms with E-state index in [1.54, 1.807) is 6.07 Å². The second kappa shape index (κ2) is 7.93. The van der Waals surface area contributed by atoms with Gasteiger partial charge in [-0.15, -0.1) is 0 Å². The average Bonchev–Trinajstić information content (AvgIpc) is 3.28. The molecule has 4 aliphatic rings. The van der Waals surface area contributed by atoms with Crippen molar-refractivity contribution in [2.24, 2.45) is 21.8 Å². The minimum Gasteiger partial charge on any atom is -0.369 e. The fourth-order valence-electron chi connectivity index (χ4n) is 5.49. The summed E-state index contributed by atoms with van der Waals surface area (Å²) in [5, 5.41) is 10.1. The number of aliphatic imine (C=N–C) groups is 2. The third-order valence-corrected chi connectivity index (χ3v) is 7.03. The molecule has 2 unspecified atom stereocenters. The topological polar surface area (TPSA) is 72.2 Å². The van der Waals surface area contributed by atoms with Crippen molar-refractivity contribution in [2.45, 2.75) is 32.2 Å². The summed E-state index contributed by atoms with van der Waals surface area (Å²) in [4.78, 5) is 14.0. The van der Waals surface area contributed by atoms with Crippen molar-refractivity contribution in [3.63, 3.8) is 0 Å². The quantitative estimate of drug-likeness (QED) is 0.772. The van der Waals surface area contributed by atoms with Crippen LogP contribution in [0.2, 0.25) is 0 Å². The summed E-state index contributed by atoms with van der Waals surface area (Å²) in [5.41, 5.74) is 5.92. The van der Waals surface area contributed by atoms with Crippen LogP contribution in [0.5, 0.6) is 0 Å². The summed E-state index contributed by atoms with van der Waals surface area (Å²) in [7, 11) is 0. The van der Waals surface area contributed by atoms with E-state index in [1.807, 2.05) is 23.0 Å². The van der Waals surface area contributed by atoms with Crippen LogP contribution in [-0.4, -0.2) is 59.3 Å². The molecule has 0 radical (unpaired) electrons. The summed E-state index contributed by atoms with van der Waals surface area (Å²) >= 11 is 0. The van der Waals surface area contributed by atoms with Crippen molar-refractivity contribution in [3.8, 4) is 0 Å². The molecule has 1 saturated carbocycles. The number of fused-ring (bicyclic) bond motifs is 3. The van der Waals surface area contributed by atoms with Gasteiger partial charge in [0.05, 0.1) is 29.3 Å². The van der Waals surface area contributed by atoms with E-state index in [9.17, 15) is 8.78 Å². The minimum absolute atomic E-state index is 0.161. The normalized spacial score (nSPS) is 27.6. The zero-order valence-electron chi connectivity index (χ0n) is 18.5. The van der Waals surface area contributed by atoms with Crippen molar-refractivity contribution < 1.29 is 8.78 Å². The Bertz CT molecular complexity index is 1120. The highest BCUT2D eigenvalue weighted by Crippen LogP contribution is 2.41. The van der Waals surface area contributed by atoms with Crippen molar-refractivity contribution in [3.05, 3.63) is 47.8 Å². The lowest BCUT2D eigenvalue weighted by Crippen LogP contribution is -2.46. The third kappa shape index (κ3) is 3.57. The zero-order valence-corrected chi connectivity index (χ0v) is 18.5. The van der Waals surface area contributed by atoms with Crippen LogP contribution in [0, 0.1) is 30.4 Å². The van der Waals surface area contributed by atoms with Crippen LogP contribution in [0.1, 0.15) is 25.0 Å². The fourth-order valence-corrected chi connectivity index (χ4v) is 5.49. The molecular weight excluding hydrogens is 426 g/mol. The molecule has 1 N–H and O–H groups in total. The predicted octanol–water partition coefficient (Wildman–Crippen LogP) is 2.72. The number of hydrazine groups is 1. The van der Waals surface area contributed by atoms with Crippen LogP contribution in [0.4, 0.5) is 20.2 Å². The maximum Gasteiger partial charge on any atom is 0.227 e. The maximum absolute atomic E-state index is 14.1. The van der Waals surface area contributed by atoms with E-state index < -0.39 is 11.6 Å². The number of aryl methyl sites for hydroxylation is 1. The first-order valence-electron chi connectivity index (χ1n) is 11.5. The first kappa shape index (κ1) is 20.3. The predicted molar refractivity (Wildman–Crippen MR) is 122 cm³/mol. The van der Waals surface area contributed by atoms with Gasteiger partial charge in [0.15, 0.2) is 11.6 Å². The van der Waals surface area contributed by atoms with Crippen molar-refractivity contribution >= 4 is 23.3 Å². The second-order valence-electron chi connectivity index (χ2n) is 9.23. The summed E-state index contributed by atoms with van der Waals surface area (Å²) in [6.45, 7) is 5.28. The number of nitrogens with one attached hydrogen (secondary N) is 1. The molecule has 2 atom stereocenters. The summed E-state index contributed by atoms with van der Waals surface area (Å²) < 4.78 is 27.7. The van der Waals surface area contributed by atoms with Gasteiger partial charge in [-0.25, -0.2) is 18.7 Å². The molecule has 2 saturated heterocycles. The van der Waals surface area contributed by atoms with Gasteiger partial charge in [0.2, 0.25) is 11.9 Å². The number of nitrogens with zero attached hydrogens (tertiary/aromatic N) is 7. The molecule has 8 nitrogen and oxygen atoms in total. The van der Waals surface area contributed by atoms with Crippen molar-refractivity contribution in [1.82, 2.24) is 20.6 Å². The van der Waals surface area contributed by atoms with Gasteiger partial charge in [-0.2, -0.15) is 10.2 Å². The number of benzene rings is 1. The Morgan fingerprint density at radius 2 is 1.88 bits per heavy atom. The SMILES string of the molecule is Cc1cc(N2CC3CCC(C2)C3N=C2NN3CCCN=C3N2c2ccc(F)c(F)c2)cnn1. The highest BCUT2D eigenvalue weighted by Gasteiger charge is 2.44. The third-order valence-electron chi connectivity index (χ3n) is 7.03. The summed E-state index contributed by atoms with van der Waals surface area (Å²) in [6.07, 6.45) is 5.00. The molecule has 172 valence electrons. The molecule has 33 heavy (non-hydrogen) atoms. The molecule has 6 rings (SSSR count). The zero-order chi connectivity index (χ0) is 22.5. The number of halogens is 2. The Kier molecular flexibility index (Phi) is 4.88. The molecule has 4 heterocycles. The number of hydrogen-bond donors (Lipinski definition) is 1. The molecule has 10 heteroatoms. The van der Waals surface area contributed by atoms with Gasteiger partial charge in [-0.05, 0) is 56.2 Å². The van der Waals surface area contributed by atoms with Crippen LogP contribution in [-0.2, 0) is 0 Å². The number of anilines is 2. The highest BCUT2D eigenvalue weighted by atomic mass is 19.2. The Labute approximate surface area is 191 Å². The van der Waals surface area contributed by atoms with E-state index in [0.717, 1.165) is 56.3 Å². The van der Waals surface area contributed by atoms with Gasteiger partial charge in [-0.1, -0.05) is 0 Å². The summed E-state index contributed by atoms with van der Waals surface area (Å²) in [6, 6.07) is 6.18. The number of guanidine groups is 2. The minimum atomic E-state index is -0.878. The lowest BCUT2D eigenvalue weighted by molar-refractivity contribution is 0.348. The Morgan fingerprint density at radius 3 is 2.64 bits per heavy atom. The molecule has 0 spiro atoms. The van der Waals surface area contributed by atoms with E-state index in [-0.39, 0.29) is 6.04 Å². The first-order valence-corrected chi connectivity index (χ1v) is 11.5. The first-order chi connectivity index (χ1) is 16.1. The van der Waals surface area contributed by atoms with Gasteiger partial charge < -0.3 is 4.90 Å². The van der Waals surface area contributed by atoms with Crippen molar-refractivity contribution in [2.75, 3.05) is 36.0 Å². The van der Waals surface area contributed by atoms with Crippen LogP contribution in [0.15, 0.2) is 40.4 Å². The lowest BCUT2D eigenvalue weighted by Gasteiger charge is -2.37. The summed E-state index contributed by atoms with van der Waals surface area (Å²) in [5.74, 6) is 0.415. The monoisotopic (exact) mass is 452 g/mol. The molecule has 2 bridgehead atoms. The fraction of sp³-hybridized carbons (Fsp3) is 0.478.